The van der Waals surface area contributed by atoms with E-state index in [-0.39, 0.29) is 24.0 Å². The lowest BCUT2D eigenvalue weighted by atomic mass is 9.87. The highest BCUT2D eigenvalue weighted by molar-refractivity contribution is 14.0. The summed E-state index contributed by atoms with van der Waals surface area (Å²) in [7, 11) is 1.92. The number of hydrogen-bond donors (Lipinski definition) is 1. The molecule has 0 aromatic carbocycles. The summed E-state index contributed by atoms with van der Waals surface area (Å²) >= 11 is 4.14. The van der Waals surface area contributed by atoms with Crippen molar-refractivity contribution < 1.29 is 0 Å². The number of nitrogens with zero attached hydrogens (tertiary/aromatic N) is 2. The van der Waals surface area contributed by atoms with Crippen molar-refractivity contribution in [3.63, 3.8) is 0 Å². The second-order valence-corrected chi connectivity index (χ2v) is 8.38. The maximum atomic E-state index is 4.50. The predicted molar refractivity (Wildman–Crippen MR) is 110 cm³/mol. The Morgan fingerprint density at radius 2 is 2.10 bits per heavy atom. The van der Waals surface area contributed by atoms with E-state index in [2.05, 4.69) is 33.2 Å². The third-order valence-corrected chi connectivity index (χ3v) is 6.57. The molecule has 6 heteroatoms. The molecule has 0 unspecified atom stereocenters. The van der Waals surface area contributed by atoms with Crippen molar-refractivity contribution in [2.75, 3.05) is 44.4 Å². The Hall–Kier alpha value is 0.700. The Morgan fingerprint density at radius 3 is 2.76 bits per heavy atom. The van der Waals surface area contributed by atoms with Gasteiger partial charge in [-0.25, -0.2) is 0 Å². The fourth-order valence-electron chi connectivity index (χ4n) is 3.27. The first-order chi connectivity index (χ1) is 9.79. The summed E-state index contributed by atoms with van der Waals surface area (Å²) in [5.74, 6) is 3.60. The number of rotatable bonds is 4. The molecule has 1 saturated heterocycles. The Balaban J connectivity index is 0.00000220. The van der Waals surface area contributed by atoms with Gasteiger partial charge in [0.15, 0.2) is 5.96 Å². The second-order valence-electron chi connectivity index (χ2n) is 5.83. The highest BCUT2D eigenvalue weighted by Gasteiger charge is 2.38. The summed E-state index contributed by atoms with van der Waals surface area (Å²) in [4.78, 5) is 7.00. The lowest BCUT2D eigenvalue weighted by Crippen LogP contribution is -2.53. The van der Waals surface area contributed by atoms with Crippen LogP contribution in [0, 0.1) is 0 Å². The molecule has 2 rings (SSSR count). The van der Waals surface area contributed by atoms with Crippen LogP contribution in [0.1, 0.15) is 38.5 Å². The van der Waals surface area contributed by atoms with E-state index in [1.54, 1.807) is 0 Å². The molecule has 1 N–H and O–H groups in total. The van der Waals surface area contributed by atoms with E-state index < -0.39 is 0 Å². The Kier molecular flexibility index (Phi) is 9.84. The van der Waals surface area contributed by atoms with Crippen molar-refractivity contribution in [2.45, 2.75) is 43.3 Å². The van der Waals surface area contributed by atoms with Gasteiger partial charge < -0.3 is 10.2 Å². The van der Waals surface area contributed by atoms with E-state index >= 15 is 0 Å². The van der Waals surface area contributed by atoms with Crippen LogP contribution in [-0.2, 0) is 0 Å². The van der Waals surface area contributed by atoms with Crippen LogP contribution >= 0.6 is 47.5 Å². The molecule has 2 aliphatic rings. The van der Waals surface area contributed by atoms with Gasteiger partial charge in [0.25, 0.3) is 0 Å². The molecule has 0 amide bonds. The molecule has 124 valence electrons. The number of nitrogens with one attached hydrogen (secondary N) is 1. The van der Waals surface area contributed by atoms with Crippen molar-refractivity contribution >= 4 is 53.5 Å². The minimum atomic E-state index is 0. The summed E-state index contributed by atoms with van der Waals surface area (Å²) in [5, 5.41) is 3.55. The standard InChI is InChI=1S/C15H29N3S2.HI/c1-16-14(17-9-6-11-19-2)18-10-12-20-15(13-18)7-4-3-5-8-15;/h3-13H2,1-2H3,(H,16,17);1H. The zero-order valence-electron chi connectivity index (χ0n) is 13.4. The largest absolute Gasteiger partial charge is 0.356 e. The van der Waals surface area contributed by atoms with Crippen LogP contribution in [0.4, 0.5) is 0 Å². The molecule has 0 radical (unpaired) electrons. The Labute approximate surface area is 155 Å². The molecular weight excluding hydrogens is 413 g/mol. The molecular formula is C15H30IN3S2. The number of aliphatic imine (C=N–C) groups is 1. The summed E-state index contributed by atoms with van der Waals surface area (Å²) < 4.78 is 0.521. The quantitative estimate of drug-likeness (QED) is 0.311. The first-order valence-corrected chi connectivity index (χ1v) is 10.3. The van der Waals surface area contributed by atoms with Gasteiger partial charge in [0, 0.05) is 37.2 Å². The molecule has 21 heavy (non-hydrogen) atoms. The van der Waals surface area contributed by atoms with E-state index in [0.29, 0.717) is 4.75 Å². The maximum Gasteiger partial charge on any atom is 0.193 e. The van der Waals surface area contributed by atoms with Crippen LogP contribution in [0.5, 0.6) is 0 Å². The van der Waals surface area contributed by atoms with Crippen LogP contribution in [0.3, 0.4) is 0 Å². The first-order valence-electron chi connectivity index (χ1n) is 7.88. The lowest BCUT2D eigenvalue weighted by molar-refractivity contribution is 0.293. The van der Waals surface area contributed by atoms with Crippen LogP contribution in [0.2, 0.25) is 0 Å². The zero-order chi connectivity index (χ0) is 14.3. The van der Waals surface area contributed by atoms with E-state index in [4.69, 9.17) is 0 Å². The fraction of sp³-hybridized carbons (Fsp3) is 0.933. The third kappa shape index (κ3) is 6.01. The van der Waals surface area contributed by atoms with Crippen LogP contribution in [0.15, 0.2) is 4.99 Å². The van der Waals surface area contributed by atoms with Crippen molar-refractivity contribution in [3.8, 4) is 0 Å². The monoisotopic (exact) mass is 443 g/mol. The van der Waals surface area contributed by atoms with Gasteiger partial charge in [0.2, 0.25) is 0 Å². The summed E-state index contributed by atoms with van der Waals surface area (Å²) in [5.41, 5.74) is 0. The first kappa shape index (κ1) is 19.7. The van der Waals surface area contributed by atoms with Gasteiger partial charge in [-0.2, -0.15) is 23.5 Å². The van der Waals surface area contributed by atoms with Crippen molar-refractivity contribution in [1.82, 2.24) is 10.2 Å². The fourth-order valence-corrected chi connectivity index (χ4v) is 5.28. The zero-order valence-corrected chi connectivity index (χ0v) is 17.4. The smallest absolute Gasteiger partial charge is 0.193 e. The van der Waals surface area contributed by atoms with Gasteiger partial charge in [0.05, 0.1) is 0 Å². The molecule has 1 aliphatic heterocycles. The summed E-state index contributed by atoms with van der Waals surface area (Å²) in [6, 6.07) is 0. The van der Waals surface area contributed by atoms with Gasteiger partial charge in [-0.1, -0.05) is 19.3 Å². The van der Waals surface area contributed by atoms with Gasteiger partial charge in [-0.05, 0) is 31.3 Å². The number of halogens is 1. The second kappa shape index (κ2) is 10.5. The molecule has 1 spiro atoms. The maximum absolute atomic E-state index is 4.50. The highest BCUT2D eigenvalue weighted by atomic mass is 127. The summed E-state index contributed by atoms with van der Waals surface area (Å²) in [6.45, 7) is 3.39. The lowest BCUT2D eigenvalue weighted by Gasteiger charge is -2.45. The number of thioether (sulfide) groups is 2. The van der Waals surface area contributed by atoms with Crippen LogP contribution < -0.4 is 5.32 Å². The average molecular weight is 443 g/mol. The van der Waals surface area contributed by atoms with E-state index in [9.17, 15) is 0 Å². The van der Waals surface area contributed by atoms with Gasteiger partial charge in [-0.15, -0.1) is 24.0 Å². The molecule has 2 fully saturated rings. The third-order valence-electron chi connectivity index (χ3n) is 4.33. The van der Waals surface area contributed by atoms with Crippen molar-refractivity contribution in [1.29, 1.82) is 0 Å². The molecule has 1 saturated carbocycles. The topological polar surface area (TPSA) is 27.6 Å². The van der Waals surface area contributed by atoms with Gasteiger partial charge in [-0.3, -0.25) is 4.99 Å². The van der Waals surface area contributed by atoms with E-state index in [0.717, 1.165) is 19.0 Å². The van der Waals surface area contributed by atoms with Crippen molar-refractivity contribution in [3.05, 3.63) is 0 Å². The van der Waals surface area contributed by atoms with Crippen LogP contribution in [0.25, 0.3) is 0 Å². The minimum absolute atomic E-state index is 0. The Morgan fingerprint density at radius 1 is 1.33 bits per heavy atom. The molecule has 0 aromatic heterocycles. The molecule has 1 heterocycles. The van der Waals surface area contributed by atoms with E-state index in [1.165, 1.54) is 56.6 Å². The highest BCUT2D eigenvalue weighted by Crippen LogP contribution is 2.42. The average Bonchev–Trinajstić information content (AvgIpc) is 2.48. The van der Waals surface area contributed by atoms with E-state index in [1.807, 2.05) is 18.8 Å². The molecule has 1 aliphatic carbocycles. The number of guanidine groups is 1. The van der Waals surface area contributed by atoms with Gasteiger partial charge >= 0.3 is 0 Å². The Bertz CT molecular complexity index is 315. The SMILES string of the molecule is CN=C(NCCCSC)N1CCSC2(CCCCC2)C1.I. The minimum Gasteiger partial charge on any atom is -0.356 e. The normalized spacial score (nSPS) is 22.0. The summed E-state index contributed by atoms with van der Waals surface area (Å²) in [6.07, 6.45) is 10.5. The number of hydrogen-bond acceptors (Lipinski definition) is 3. The molecule has 0 bridgehead atoms. The molecule has 3 nitrogen and oxygen atoms in total. The van der Waals surface area contributed by atoms with Gasteiger partial charge in [0.1, 0.15) is 0 Å². The van der Waals surface area contributed by atoms with Crippen molar-refractivity contribution in [2.24, 2.45) is 4.99 Å². The molecule has 0 aromatic rings. The molecule has 0 atom stereocenters. The predicted octanol–water partition coefficient (Wildman–Crippen LogP) is 3.68. The van der Waals surface area contributed by atoms with Crippen LogP contribution in [-0.4, -0.2) is 60.0 Å².